The third-order valence-electron chi connectivity index (χ3n) is 4.16. The van der Waals surface area contributed by atoms with E-state index in [1.165, 1.54) is 12.1 Å². The highest BCUT2D eigenvalue weighted by atomic mass is 35.5. The summed E-state index contributed by atoms with van der Waals surface area (Å²) in [7, 11) is 0. The summed E-state index contributed by atoms with van der Waals surface area (Å²) in [5.74, 6) is -1.00. The average Bonchev–Trinajstić information content (AvgIpc) is 3.06. The standard InChI is InChI=1S/C17H9Cl2F4N5O/c18-14-9(20)7-27(16(19)25-14)10-6-11(29)28-15(24-10)12(8-4-2-1-3-5-8)13(26-28)17(21,22)23/h1-6,26H,7H2. The van der Waals surface area contributed by atoms with Gasteiger partial charge in [-0.15, -0.1) is 0 Å². The fourth-order valence-corrected chi connectivity index (χ4v) is 3.31. The smallest absolute Gasteiger partial charge is 0.294 e. The first-order valence-corrected chi connectivity index (χ1v) is 8.76. The molecule has 0 bridgehead atoms. The predicted molar refractivity (Wildman–Crippen MR) is 101 cm³/mol. The Morgan fingerprint density at radius 2 is 1.83 bits per heavy atom. The van der Waals surface area contributed by atoms with Crippen LogP contribution in [0.4, 0.5) is 23.4 Å². The number of nitrogens with zero attached hydrogens (tertiary/aromatic N) is 4. The largest absolute Gasteiger partial charge is 0.433 e. The van der Waals surface area contributed by atoms with Crippen molar-refractivity contribution in [3.8, 4) is 11.1 Å². The van der Waals surface area contributed by atoms with Gasteiger partial charge in [0.1, 0.15) is 11.5 Å². The summed E-state index contributed by atoms with van der Waals surface area (Å²) in [6.07, 6.45) is -4.78. The van der Waals surface area contributed by atoms with Crippen LogP contribution in [0.3, 0.4) is 0 Å². The zero-order chi connectivity index (χ0) is 20.9. The minimum atomic E-state index is -4.78. The van der Waals surface area contributed by atoms with Gasteiger partial charge in [0.25, 0.3) is 5.56 Å². The van der Waals surface area contributed by atoms with E-state index in [9.17, 15) is 22.4 Å². The monoisotopic (exact) mass is 445 g/mol. The number of fused-ring (bicyclic) bond motifs is 1. The summed E-state index contributed by atoms with van der Waals surface area (Å²) in [5.41, 5.74) is -2.41. The van der Waals surface area contributed by atoms with Gasteiger partial charge in [0.2, 0.25) is 5.29 Å². The topological polar surface area (TPSA) is 65.8 Å². The maximum absolute atomic E-state index is 13.9. The maximum Gasteiger partial charge on any atom is 0.433 e. The Bertz CT molecular complexity index is 1230. The summed E-state index contributed by atoms with van der Waals surface area (Å²) >= 11 is 11.6. The number of H-pyrrole nitrogens is 1. The molecule has 12 heteroatoms. The van der Waals surface area contributed by atoms with Crippen LogP contribution < -0.4 is 10.5 Å². The second-order valence-electron chi connectivity index (χ2n) is 6.00. The number of rotatable bonds is 2. The Hall–Kier alpha value is -2.85. The second kappa shape index (κ2) is 6.89. The molecular weight excluding hydrogens is 437 g/mol. The molecule has 0 atom stereocenters. The Balaban J connectivity index is 1.99. The van der Waals surface area contributed by atoms with Crippen LogP contribution in [0, 0.1) is 0 Å². The van der Waals surface area contributed by atoms with E-state index in [2.05, 4.69) is 15.1 Å². The molecule has 0 radical (unpaired) electrons. The van der Waals surface area contributed by atoms with Gasteiger partial charge in [-0.2, -0.15) is 13.2 Å². The lowest BCUT2D eigenvalue weighted by atomic mass is 10.1. The summed E-state index contributed by atoms with van der Waals surface area (Å²) in [5, 5.41) is 1.33. The molecular formula is C17H9Cl2F4N5O. The Kier molecular flexibility index (Phi) is 4.62. The van der Waals surface area contributed by atoms with E-state index >= 15 is 0 Å². The van der Waals surface area contributed by atoms with Crippen LogP contribution in [0.15, 0.2) is 57.2 Å². The minimum absolute atomic E-state index is 0.173. The molecule has 1 aliphatic rings. The highest BCUT2D eigenvalue weighted by Gasteiger charge is 2.38. The van der Waals surface area contributed by atoms with Crippen LogP contribution in [0.5, 0.6) is 0 Å². The van der Waals surface area contributed by atoms with Crippen molar-refractivity contribution in [2.24, 2.45) is 4.99 Å². The van der Waals surface area contributed by atoms with E-state index in [1.807, 2.05) is 0 Å². The molecule has 0 saturated heterocycles. The molecule has 0 unspecified atom stereocenters. The van der Waals surface area contributed by atoms with Crippen molar-refractivity contribution in [1.82, 2.24) is 14.6 Å². The van der Waals surface area contributed by atoms with Crippen molar-refractivity contribution < 1.29 is 17.6 Å². The molecule has 1 aliphatic heterocycles. The fourth-order valence-electron chi connectivity index (χ4n) is 2.89. The number of hydrogen-bond acceptors (Lipinski definition) is 4. The molecule has 4 rings (SSSR count). The fraction of sp³-hybridized carbons (Fsp3) is 0.118. The van der Waals surface area contributed by atoms with Gasteiger partial charge in [0, 0.05) is 6.07 Å². The highest BCUT2D eigenvalue weighted by molar-refractivity contribution is 6.68. The third kappa shape index (κ3) is 3.38. The lowest BCUT2D eigenvalue weighted by molar-refractivity contribution is -0.140. The lowest BCUT2D eigenvalue weighted by Crippen LogP contribution is -2.33. The lowest BCUT2D eigenvalue weighted by Gasteiger charge is -2.23. The van der Waals surface area contributed by atoms with Gasteiger partial charge < -0.3 is 0 Å². The van der Waals surface area contributed by atoms with Gasteiger partial charge in [-0.25, -0.2) is 18.9 Å². The van der Waals surface area contributed by atoms with Crippen molar-refractivity contribution in [2.45, 2.75) is 6.18 Å². The summed E-state index contributed by atoms with van der Waals surface area (Å²) < 4.78 is 55.4. The van der Waals surface area contributed by atoms with Gasteiger partial charge in [0.05, 0.1) is 12.1 Å². The molecule has 0 saturated carbocycles. The van der Waals surface area contributed by atoms with E-state index in [-0.39, 0.29) is 27.9 Å². The Labute approximate surface area is 169 Å². The van der Waals surface area contributed by atoms with Gasteiger partial charge in [-0.3, -0.25) is 14.8 Å². The molecule has 0 spiro atoms. The first kappa shape index (κ1) is 19.5. The number of amidine groups is 1. The Morgan fingerprint density at radius 3 is 2.48 bits per heavy atom. The van der Waals surface area contributed by atoms with Crippen LogP contribution in [0.1, 0.15) is 5.69 Å². The van der Waals surface area contributed by atoms with Crippen molar-refractivity contribution in [2.75, 3.05) is 11.4 Å². The number of aromatic nitrogens is 3. The van der Waals surface area contributed by atoms with E-state index in [0.29, 0.717) is 4.52 Å². The number of benzene rings is 1. The van der Waals surface area contributed by atoms with Crippen molar-refractivity contribution in [3.05, 3.63) is 63.4 Å². The van der Waals surface area contributed by atoms with Gasteiger partial charge in [-0.05, 0) is 17.2 Å². The first-order chi connectivity index (χ1) is 13.7. The van der Waals surface area contributed by atoms with Gasteiger partial charge >= 0.3 is 6.18 Å². The van der Waals surface area contributed by atoms with Crippen LogP contribution in [0.2, 0.25) is 0 Å². The van der Waals surface area contributed by atoms with E-state index in [1.54, 1.807) is 18.2 Å². The summed E-state index contributed by atoms with van der Waals surface area (Å²) in [6.45, 7) is -0.471. The third-order valence-corrected chi connectivity index (χ3v) is 4.74. The molecule has 0 fully saturated rings. The molecule has 2 aromatic heterocycles. The number of alkyl halides is 3. The molecule has 1 N–H and O–H groups in total. The number of nitrogens with one attached hydrogen (secondary N) is 1. The van der Waals surface area contributed by atoms with E-state index < -0.39 is 35.0 Å². The predicted octanol–water partition coefficient (Wildman–Crippen LogP) is 4.50. The normalized spacial score (nSPS) is 15.2. The molecule has 29 heavy (non-hydrogen) atoms. The zero-order valence-electron chi connectivity index (χ0n) is 14.1. The minimum Gasteiger partial charge on any atom is -0.294 e. The Morgan fingerprint density at radius 1 is 1.14 bits per heavy atom. The van der Waals surface area contributed by atoms with Crippen LogP contribution in [0.25, 0.3) is 16.8 Å². The van der Waals surface area contributed by atoms with Gasteiger partial charge in [0.15, 0.2) is 16.6 Å². The number of aromatic amines is 1. The van der Waals surface area contributed by atoms with Crippen molar-refractivity contribution >= 4 is 40.0 Å². The molecule has 1 aromatic carbocycles. The average molecular weight is 446 g/mol. The molecule has 6 nitrogen and oxygen atoms in total. The summed E-state index contributed by atoms with van der Waals surface area (Å²) in [4.78, 5) is 21.3. The molecule has 3 aromatic rings. The summed E-state index contributed by atoms with van der Waals surface area (Å²) in [6, 6.07) is 8.57. The number of anilines is 1. The van der Waals surface area contributed by atoms with Crippen LogP contribution in [-0.4, -0.2) is 26.4 Å². The molecule has 0 aliphatic carbocycles. The van der Waals surface area contributed by atoms with Crippen molar-refractivity contribution in [1.29, 1.82) is 0 Å². The van der Waals surface area contributed by atoms with E-state index in [0.717, 1.165) is 11.0 Å². The van der Waals surface area contributed by atoms with Crippen LogP contribution in [-0.2, 0) is 6.18 Å². The zero-order valence-corrected chi connectivity index (χ0v) is 15.6. The quantitative estimate of drug-likeness (QED) is 0.466. The molecule has 150 valence electrons. The number of hydrogen-bond donors (Lipinski definition) is 1. The van der Waals surface area contributed by atoms with Crippen molar-refractivity contribution in [3.63, 3.8) is 0 Å². The number of aliphatic imine (C=N–C) groups is 1. The highest BCUT2D eigenvalue weighted by Crippen LogP contribution is 2.38. The maximum atomic E-state index is 13.9. The van der Waals surface area contributed by atoms with Gasteiger partial charge in [-0.1, -0.05) is 41.9 Å². The second-order valence-corrected chi connectivity index (χ2v) is 6.70. The molecule has 3 heterocycles. The van der Waals surface area contributed by atoms with E-state index in [4.69, 9.17) is 23.2 Å². The molecule has 0 amide bonds. The SMILES string of the molecule is O=c1cc(N2CC(F)=C(Cl)N=C2Cl)nc2c(-c3ccccc3)c(C(F)(F)F)[nH]n12. The first-order valence-electron chi connectivity index (χ1n) is 8.01. The van der Waals surface area contributed by atoms with Crippen LogP contribution >= 0.6 is 23.2 Å². The number of halogens is 6.